The number of amides is 3. The highest BCUT2D eigenvalue weighted by atomic mass is 16.4. The molecular weight excluding hydrogens is 262 g/mol. The smallest absolute Gasteiger partial charge is 0.318 e. The van der Waals surface area contributed by atoms with Gasteiger partial charge in [-0.2, -0.15) is 0 Å². The predicted molar refractivity (Wildman–Crippen MR) is 72.9 cm³/mol. The molecule has 3 amide bonds. The van der Waals surface area contributed by atoms with Gasteiger partial charge in [0, 0.05) is 6.54 Å². The van der Waals surface area contributed by atoms with Gasteiger partial charge in [0.1, 0.15) is 0 Å². The quantitative estimate of drug-likeness (QED) is 0.691. The second-order valence-corrected chi connectivity index (χ2v) is 5.89. The molecule has 0 spiro atoms. The lowest BCUT2D eigenvalue weighted by Gasteiger charge is -2.41. The zero-order valence-corrected chi connectivity index (χ0v) is 12.2. The third-order valence-electron chi connectivity index (χ3n) is 4.20. The fourth-order valence-electron chi connectivity index (χ4n) is 2.51. The van der Waals surface area contributed by atoms with Gasteiger partial charge in [0.15, 0.2) is 0 Å². The first kappa shape index (κ1) is 16.4. The Morgan fingerprint density at radius 3 is 2.50 bits per heavy atom. The van der Waals surface area contributed by atoms with Crippen LogP contribution in [0.15, 0.2) is 0 Å². The first-order valence-corrected chi connectivity index (χ1v) is 6.74. The summed E-state index contributed by atoms with van der Waals surface area (Å²) in [6.07, 6.45) is 1.65. The van der Waals surface area contributed by atoms with Crippen LogP contribution in [0.2, 0.25) is 0 Å². The average molecular weight is 285 g/mol. The molecule has 0 radical (unpaired) electrons. The highest BCUT2D eigenvalue weighted by molar-refractivity contribution is 5.96. The van der Waals surface area contributed by atoms with Crippen molar-refractivity contribution < 1.29 is 19.5 Å². The van der Waals surface area contributed by atoms with Gasteiger partial charge in [-0.05, 0) is 46.1 Å². The van der Waals surface area contributed by atoms with Gasteiger partial charge in [-0.3, -0.25) is 19.8 Å². The van der Waals surface area contributed by atoms with Crippen LogP contribution in [-0.2, 0) is 9.59 Å². The number of carboxylic acid groups (broad SMARTS) is 1. The van der Waals surface area contributed by atoms with Crippen LogP contribution in [0.1, 0.15) is 33.6 Å². The summed E-state index contributed by atoms with van der Waals surface area (Å²) in [5, 5.41) is 11.3. The summed E-state index contributed by atoms with van der Waals surface area (Å²) in [5.74, 6) is -1.32. The van der Waals surface area contributed by atoms with Gasteiger partial charge < -0.3 is 10.8 Å². The Hall–Kier alpha value is -1.63. The van der Waals surface area contributed by atoms with E-state index < -0.39 is 29.4 Å². The van der Waals surface area contributed by atoms with Crippen LogP contribution < -0.4 is 11.1 Å². The molecule has 20 heavy (non-hydrogen) atoms. The number of piperidine rings is 1. The second kappa shape index (κ2) is 6.21. The minimum atomic E-state index is -0.874. The van der Waals surface area contributed by atoms with E-state index >= 15 is 0 Å². The molecule has 1 rings (SSSR count). The lowest BCUT2D eigenvalue weighted by molar-refractivity contribution is -0.151. The molecule has 7 heteroatoms. The Labute approximate surface area is 118 Å². The number of primary amides is 1. The maximum atomic E-state index is 11.8. The molecule has 1 aliphatic rings. The van der Waals surface area contributed by atoms with Gasteiger partial charge >= 0.3 is 12.0 Å². The zero-order valence-electron chi connectivity index (χ0n) is 12.2. The first-order chi connectivity index (χ1) is 9.16. The molecule has 0 saturated carbocycles. The summed E-state index contributed by atoms with van der Waals surface area (Å²) in [6.45, 7) is 6.33. The largest absolute Gasteiger partial charge is 0.481 e. The van der Waals surface area contributed by atoms with E-state index in [1.165, 1.54) is 0 Å². The van der Waals surface area contributed by atoms with Crippen molar-refractivity contribution in [1.29, 1.82) is 0 Å². The molecule has 0 aromatic carbocycles. The number of nitrogens with two attached hydrogens (primary N) is 1. The zero-order chi connectivity index (χ0) is 15.5. The predicted octanol–water partition coefficient (Wildman–Crippen LogP) is 0.393. The Balaban J connectivity index is 2.72. The lowest BCUT2D eigenvalue weighted by Crippen LogP contribution is -2.53. The van der Waals surface area contributed by atoms with Gasteiger partial charge in [-0.25, -0.2) is 4.79 Å². The van der Waals surface area contributed by atoms with Crippen molar-refractivity contribution in [2.75, 3.05) is 13.1 Å². The maximum Gasteiger partial charge on any atom is 0.318 e. The Morgan fingerprint density at radius 1 is 1.40 bits per heavy atom. The molecule has 0 bridgehead atoms. The van der Waals surface area contributed by atoms with Crippen molar-refractivity contribution in [3.63, 3.8) is 0 Å². The van der Waals surface area contributed by atoms with Crippen molar-refractivity contribution in [1.82, 2.24) is 10.2 Å². The number of imide groups is 1. The van der Waals surface area contributed by atoms with E-state index in [1.54, 1.807) is 20.8 Å². The van der Waals surface area contributed by atoms with Crippen molar-refractivity contribution in [3.8, 4) is 0 Å². The normalized spacial score (nSPS) is 22.1. The van der Waals surface area contributed by atoms with Gasteiger partial charge in [0.05, 0.1) is 11.5 Å². The van der Waals surface area contributed by atoms with Crippen LogP contribution in [0, 0.1) is 11.3 Å². The number of carbonyl (C=O) groups is 3. The van der Waals surface area contributed by atoms with E-state index in [0.717, 1.165) is 12.8 Å². The van der Waals surface area contributed by atoms with Gasteiger partial charge in [-0.15, -0.1) is 0 Å². The third-order valence-corrected chi connectivity index (χ3v) is 4.20. The Morgan fingerprint density at radius 2 is 2.00 bits per heavy atom. The van der Waals surface area contributed by atoms with Crippen molar-refractivity contribution in [3.05, 3.63) is 0 Å². The Bertz CT molecular complexity index is 408. The summed E-state index contributed by atoms with van der Waals surface area (Å²) in [6, 6.07) is -1.38. The molecule has 1 fully saturated rings. The molecule has 7 nitrogen and oxygen atoms in total. The summed E-state index contributed by atoms with van der Waals surface area (Å²) in [7, 11) is 0. The van der Waals surface area contributed by atoms with E-state index in [1.807, 2.05) is 4.90 Å². The number of likely N-dealkylation sites (tertiary alicyclic amines) is 1. The lowest BCUT2D eigenvalue weighted by atomic mass is 9.74. The van der Waals surface area contributed by atoms with E-state index in [4.69, 9.17) is 5.73 Å². The minimum Gasteiger partial charge on any atom is -0.481 e. The van der Waals surface area contributed by atoms with Crippen LogP contribution in [0.5, 0.6) is 0 Å². The molecule has 0 aromatic rings. The van der Waals surface area contributed by atoms with Crippen LogP contribution in [0.4, 0.5) is 4.79 Å². The fraction of sp³-hybridized carbons (Fsp3) is 0.769. The van der Waals surface area contributed by atoms with Crippen LogP contribution in [0.3, 0.4) is 0 Å². The number of aliphatic carboxylic acids is 1. The first-order valence-electron chi connectivity index (χ1n) is 6.74. The molecule has 4 N–H and O–H groups in total. The number of carbonyl (C=O) groups excluding carboxylic acids is 2. The van der Waals surface area contributed by atoms with Gasteiger partial charge in [-0.1, -0.05) is 0 Å². The van der Waals surface area contributed by atoms with Gasteiger partial charge in [0.2, 0.25) is 5.91 Å². The molecule has 1 heterocycles. The number of hydrogen-bond acceptors (Lipinski definition) is 4. The molecule has 0 aliphatic carbocycles. The molecule has 2 unspecified atom stereocenters. The standard InChI is InChI=1S/C13H23N3O4/c1-8(10(17)15-12(14)20)16-6-4-5-9(7-16)13(2,3)11(18)19/h8-9H,4-7H2,1-3H3,(H,18,19)(H3,14,15,17,20). The number of nitrogens with zero attached hydrogens (tertiary/aromatic N) is 1. The summed E-state index contributed by atoms with van der Waals surface area (Å²) in [4.78, 5) is 35.7. The van der Waals surface area contributed by atoms with E-state index in [9.17, 15) is 19.5 Å². The molecular formula is C13H23N3O4. The monoisotopic (exact) mass is 285 g/mol. The molecule has 1 aliphatic heterocycles. The summed E-state index contributed by atoms with van der Waals surface area (Å²) >= 11 is 0. The van der Waals surface area contributed by atoms with Crippen LogP contribution >= 0.6 is 0 Å². The molecule has 0 aromatic heterocycles. The average Bonchev–Trinajstić information content (AvgIpc) is 2.37. The number of rotatable bonds is 4. The van der Waals surface area contributed by atoms with E-state index in [2.05, 4.69) is 5.32 Å². The summed E-state index contributed by atoms with van der Waals surface area (Å²) < 4.78 is 0. The Kier molecular flexibility index (Phi) is 5.10. The van der Waals surface area contributed by atoms with Crippen molar-refractivity contribution >= 4 is 17.9 Å². The fourth-order valence-corrected chi connectivity index (χ4v) is 2.51. The van der Waals surface area contributed by atoms with Crippen LogP contribution in [-0.4, -0.2) is 47.0 Å². The minimum absolute atomic E-state index is 0.0300. The maximum absolute atomic E-state index is 11.8. The molecule has 114 valence electrons. The van der Waals surface area contributed by atoms with Crippen molar-refractivity contribution in [2.24, 2.45) is 17.1 Å². The highest BCUT2D eigenvalue weighted by Crippen LogP contribution is 2.34. The summed E-state index contributed by atoms with van der Waals surface area (Å²) in [5.41, 5.74) is 4.10. The van der Waals surface area contributed by atoms with E-state index in [-0.39, 0.29) is 5.92 Å². The van der Waals surface area contributed by atoms with Crippen molar-refractivity contribution in [2.45, 2.75) is 39.7 Å². The molecule has 2 atom stereocenters. The SMILES string of the molecule is CC(C(=O)NC(N)=O)N1CCCC(C(C)(C)C(=O)O)C1. The number of urea groups is 1. The topological polar surface area (TPSA) is 113 Å². The van der Waals surface area contributed by atoms with Gasteiger partial charge in [0.25, 0.3) is 0 Å². The highest BCUT2D eigenvalue weighted by Gasteiger charge is 2.40. The third kappa shape index (κ3) is 3.69. The molecule has 1 saturated heterocycles. The van der Waals surface area contributed by atoms with E-state index in [0.29, 0.717) is 13.1 Å². The number of nitrogens with one attached hydrogen (secondary N) is 1. The van der Waals surface area contributed by atoms with Crippen LogP contribution in [0.25, 0.3) is 0 Å². The number of hydrogen-bond donors (Lipinski definition) is 3. The second-order valence-electron chi connectivity index (χ2n) is 5.89. The number of carboxylic acids is 1.